The van der Waals surface area contributed by atoms with Crippen molar-refractivity contribution in [1.82, 2.24) is 19.8 Å². The first-order valence-corrected chi connectivity index (χ1v) is 9.51. The van der Waals surface area contributed by atoms with Crippen molar-refractivity contribution in [2.75, 3.05) is 31.9 Å². The molecule has 2 saturated heterocycles. The lowest BCUT2D eigenvalue weighted by molar-refractivity contribution is 0.0702. The number of β-amino-alcohol motifs (C(OH)–C–C–N with tert-alkyl or cyclic N) is 1. The largest absolute Gasteiger partial charge is 0.390 e. The Morgan fingerprint density at radius 3 is 2.52 bits per heavy atom. The van der Waals surface area contributed by atoms with Crippen molar-refractivity contribution in [2.24, 2.45) is 0 Å². The number of aliphatic hydroxyl groups is 1. The molecule has 4 rings (SSSR count). The van der Waals surface area contributed by atoms with E-state index in [-0.39, 0.29) is 11.9 Å². The van der Waals surface area contributed by atoms with E-state index in [1.54, 1.807) is 23.1 Å². The van der Waals surface area contributed by atoms with Crippen LogP contribution in [-0.2, 0) is 0 Å². The molecule has 3 N–H and O–H groups in total. The Morgan fingerprint density at radius 2 is 1.81 bits per heavy atom. The maximum atomic E-state index is 12.9. The van der Waals surface area contributed by atoms with Gasteiger partial charge in [-0.3, -0.25) is 9.69 Å². The highest BCUT2D eigenvalue weighted by atomic mass is 16.3. The molecule has 2 aliphatic rings. The molecule has 142 valence electrons. The van der Waals surface area contributed by atoms with Gasteiger partial charge in [-0.1, -0.05) is 18.6 Å². The molecule has 0 bridgehead atoms. The average molecular weight is 367 g/mol. The summed E-state index contributed by atoms with van der Waals surface area (Å²) in [6.45, 7) is 3.01. The van der Waals surface area contributed by atoms with Crippen LogP contribution >= 0.6 is 0 Å². The first-order chi connectivity index (χ1) is 13.1. The molecular formula is C20H25N5O2. The van der Waals surface area contributed by atoms with E-state index >= 15 is 0 Å². The second-order valence-corrected chi connectivity index (χ2v) is 7.35. The van der Waals surface area contributed by atoms with Gasteiger partial charge in [0, 0.05) is 30.3 Å². The van der Waals surface area contributed by atoms with Crippen molar-refractivity contribution in [3.05, 3.63) is 42.2 Å². The highest BCUT2D eigenvalue weighted by molar-refractivity contribution is 5.95. The smallest absolute Gasteiger partial charge is 0.253 e. The van der Waals surface area contributed by atoms with E-state index in [1.807, 2.05) is 12.1 Å². The van der Waals surface area contributed by atoms with E-state index in [4.69, 9.17) is 5.73 Å². The lowest BCUT2D eigenvalue weighted by Crippen LogP contribution is -2.46. The van der Waals surface area contributed by atoms with Crippen molar-refractivity contribution in [1.29, 1.82) is 0 Å². The summed E-state index contributed by atoms with van der Waals surface area (Å²) < 4.78 is 0. The zero-order valence-electron chi connectivity index (χ0n) is 15.3. The summed E-state index contributed by atoms with van der Waals surface area (Å²) in [5, 5.41) is 10.5. The molecule has 7 nitrogen and oxygen atoms in total. The van der Waals surface area contributed by atoms with E-state index in [9.17, 15) is 9.90 Å². The number of nitrogens with zero attached hydrogens (tertiary/aromatic N) is 4. The van der Waals surface area contributed by atoms with Gasteiger partial charge in [-0.15, -0.1) is 0 Å². The fourth-order valence-electron chi connectivity index (χ4n) is 4.04. The molecule has 1 aromatic heterocycles. The van der Waals surface area contributed by atoms with Crippen LogP contribution in [-0.4, -0.2) is 69.1 Å². The van der Waals surface area contributed by atoms with Crippen molar-refractivity contribution in [3.63, 3.8) is 0 Å². The van der Waals surface area contributed by atoms with Crippen LogP contribution in [0.3, 0.4) is 0 Å². The first kappa shape index (κ1) is 17.9. The third-order valence-corrected chi connectivity index (χ3v) is 5.52. The lowest BCUT2D eigenvalue weighted by Gasteiger charge is -2.33. The molecule has 2 fully saturated rings. The van der Waals surface area contributed by atoms with E-state index in [1.165, 1.54) is 25.6 Å². The topological polar surface area (TPSA) is 95.6 Å². The summed E-state index contributed by atoms with van der Waals surface area (Å²) in [5.74, 6) is 0.372. The Hall–Kier alpha value is -2.51. The predicted octanol–water partition coefficient (Wildman–Crippen LogP) is 1.40. The molecule has 0 unspecified atom stereocenters. The molecule has 0 aliphatic carbocycles. The van der Waals surface area contributed by atoms with Crippen LogP contribution in [0.4, 0.5) is 5.82 Å². The van der Waals surface area contributed by atoms with Crippen molar-refractivity contribution < 1.29 is 9.90 Å². The molecule has 1 aromatic carbocycles. The first-order valence-electron chi connectivity index (χ1n) is 9.51. The highest BCUT2D eigenvalue weighted by Gasteiger charge is 2.38. The Bertz CT molecular complexity index is 804. The standard InChI is InChI=1S/C20H25N5O2/c21-19-10-16(22-13-23-19)14-4-6-15(7-5-14)20(27)25-11-17(18(26)12-25)24-8-2-1-3-9-24/h4-7,10,13,17-18,26H,1-3,8-9,11-12H2,(H2,21,22,23)/t17-,18-/m0/s1. The van der Waals surface area contributed by atoms with Gasteiger partial charge in [-0.25, -0.2) is 9.97 Å². The number of amides is 1. The Balaban J connectivity index is 1.45. The maximum Gasteiger partial charge on any atom is 0.253 e. The minimum Gasteiger partial charge on any atom is -0.390 e. The minimum atomic E-state index is -0.477. The van der Waals surface area contributed by atoms with Gasteiger partial charge >= 0.3 is 0 Å². The summed E-state index contributed by atoms with van der Waals surface area (Å²) in [7, 11) is 0. The monoisotopic (exact) mass is 367 g/mol. The SMILES string of the molecule is Nc1cc(-c2ccc(C(=O)N3C[C@H](O)[C@@H](N4CCCCC4)C3)cc2)ncn1. The number of carbonyl (C=O) groups is 1. The molecule has 2 aromatic rings. The number of nitrogen functional groups attached to an aromatic ring is 1. The van der Waals surface area contributed by atoms with Crippen molar-refractivity contribution >= 4 is 11.7 Å². The van der Waals surface area contributed by atoms with Crippen LogP contribution in [0.25, 0.3) is 11.3 Å². The van der Waals surface area contributed by atoms with E-state index < -0.39 is 6.10 Å². The Labute approximate surface area is 158 Å². The van der Waals surface area contributed by atoms with Gasteiger partial charge in [-0.2, -0.15) is 0 Å². The summed E-state index contributed by atoms with van der Waals surface area (Å²) in [5.41, 5.74) is 7.93. The van der Waals surface area contributed by atoms with Gasteiger partial charge in [0.1, 0.15) is 12.1 Å². The number of aromatic nitrogens is 2. The minimum absolute atomic E-state index is 0.0395. The summed E-state index contributed by atoms with van der Waals surface area (Å²) in [6, 6.07) is 9.09. The van der Waals surface area contributed by atoms with Gasteiger partial charge in [0.2, 0.25) is 0 Å². The fourth-order valence-corrected chi connectivity index (χ4v) is 4.04. The molecule has 0 spiro atoms. The van der Waals surface area contributed by atoms with Crippen molar-refractivity contribution in [3.8, 4) is 11.3 Å². The van der Waals surface area contributed by atoms with Crippen LogP contribution in [0.15, 0.2) is 36.7 Å². The number of hydrogen-bond acceptors (Lipinski definition) is 6. The zero-order valence-corrected chi connectivity index (χ0v) is 15.3. The highest BCUT2D eigenvalue weighted by Crippen LogP contribution is 2.23. The molecule has 3 heterocycles. The molecule has 0 radical (unpaired) electrons. The summed E-state index contributed by atoms with van der Waals surface area (Å²) in [4.78, 5) is 25.1. The number of benzene rings is 1. The quantitative estimate of drug-likeness (QED) is 0.851. The van der Waals surface area contributed by atoms with E-state index in [0.29, 0.717) is 24.5 Å². The van der Waals surface area contributed by atoms with E-state index in [0.717, 1.165) is 24.3 Å². The normalized spacial score (nSPS) is 23.5. The number of nitrogens with two attached hydrogens (primary N) is 1. The van der Waals surface area contributed by atoms with Gasteiger partial charge in [0.15, 0.2) is 0 Å². The van der Waals surface area contributed by atoms with Gasteiger partial charge < -0.3 is 15.7 Å². The van der Waals surface area contributed by atoms with Crippen molar-refractivity contribution in [2.45, 2.75) is 31.4 Å². The van der Waals surface area contributed by atoms with Gasteiger partial charge in [0.05, 0.1) is 17.8 Å². The second kappa shape index (κ2) is 7.62. The predicted molar refractivity (Wildman–Crippen MR) is 103 cm³/mol. The van der Waals surface area contributed by atoms with Crippen LogP contribution in [0.5, 0.6) is 0 Å². The Morgan fingerprint density at radius 1 is 1.07 bits per heavy atom. The number of likely N-dealkylation sites (tertiary alicyclic amines) is 2. The Kier molecular flexibility index (Phi) is 5.05. The summed E-state index contributed by atoms with van der Waals surface area (Å²) >= 11 is 0. The number of piperidine rings is 1. The van der Waals surface area contributed by atoms with Crippen LogP contribution in [0.1, 0.15) is 29.6 Å². The third-order valence-electron chi connectivity index (χ3n) is 5.52. The number of aliphatic hydroxyl groups excluding tert-OH is 1. The number of anilines is 1. The molecule has 0 saturated carbocycles. The molecular weight excluding hydrogens is 342 g/mol. The lowest BCUT2D eigenvalue weighted by atomic mass is 10.1. The second-order valence-electron chi connectivity index (χ2n) is 7.35. The third kappa shape index (κ3) is 3.79. The number of carbonyl (C=O) groups excluding carboxylic acids is 1. The molecule has 27 heavy (non-hydrogen) atoms. The molecule has 2 aliphatic heterocycles. The maximum absolute atomic E-state index is 12.9. The number of rotatable bonds is 3. The van der Waals surface area contributed by atoms with Gasteiger partial charge in [0.25, 0.3) is 5.91 Å². The molecule has 2 atom stereocenters. The zero-order chi connectivity index (χ0) is 18.8. The van der Waals surface area contributed by atoms with Crippen LogP contribution in [0, 0.1) is 0 Å². The van der Waals surface area contributed by atoms with Crippen LogP contribution < -0.4 is 5.73 Å². The van der Waals surface area contributed by atoms with Crippen LogP contribution in [0.2, 0.25) is 0 Å². The fraction of sp³-hybridized carbons (Fsp3) is 0.450. The molecule has 7 heteroatoms. The molecule has 1 amide bonds. The summed E-state index contributed by atoms with van der Waals surface area (Å²) in [6.07, 6.45) is 4.55. The average Bonchev–Trinajstić information content (AvgIpc) is 3.10. The van der Waals surface area contributed by atoms with E-state index in [2.05, 4.69) is 14.9 Å². The van der Waals surface area contributed by atoms with Gasteiger partial charge in [-0.05, 0) is 38.1 Å². The number of hydrogen-bond donors (Lipinski definition) is 2.